The molecule has 0 radical (unpaired) electrons. The van der Waals surface area contributed by atoms with Crippen LogP contribution in [0.15, 0.2) is 24.1 Å². The van der Waals surface area contributed by atoms with Crippen molar-refractivity contribution in [3.05, 3.63) is 24.1 Å². The zero-order valence-electron chi connectivity index (χ0n) is 7.05. The molecule has 0 unspecified atom stereocenters. The number of hydrogen-bond donors (Lipinski definition) is 0. The van der Waals surface area contributed by atoms with Gasteiger partial charge in [0.25, 0.3) is 0 Å². The molecule has 0 aromatic rings. The molecule has 62 valence electrons. The molecule has 0 saturated carbocycles. The van der Waals surface area contributed by atoms with Crippen LogP contribution in [0, 0.1) is 0 Å². The Bertz CT molecular complexity index is 182. The molecule has 0 fully saturated rings. The van der Waals surface area contributed by atoms with Crippen molar-refractivity contribution in [3.63, 3.8) is 0 Å². The quantitative estimate of drug-likeness (QED) is 0.560. The van der Waals surface area contributed by atoms with Gasteiger partial charge in [0.2, 0.25) is 0 Å². The summed E-state index contributed by atoms with van der Waals surface area (Å²) in [5, 5.41) is 0. The van der Waals surface area contributed by atoms with Crippen molar-refractivity contribution in [2.24, 2.45) is 0 Å². The molecule has 0 saturated heterocycles. The van der Waals surface area contributed by atoms with Crippen molar-refractivity contribution in [3.8, 4) is 0 Å². The fourth-order valence-corrected chi connectivity index (χ4v) is 1.07. The van der Waals surface area contributed by atoms with E-state index in [0.29, 0.717) is 12.6 Å². The number of nitrogens with zero attached hydrogens (tertiary/aromatic N) is 1. The Morgan fingerprint density at radius 3 is 2.91 bits per heavy atom. The van der Waals surface area contributed by atoms with Crippen LogP contribution in [0.2, 0.25) is 0 Å². The number of allylic oxidation sites excluding steroid dienone is 2. The fraction of sp³-hybridized carbons (Fsp3) is 0.556. The highest BCUT2D eigenvalue weighted by Crippen LogP contribution is 2.08. The maximum absolute atomic E-state index is 12.8. The summed E-state index contributed by atoms with van der Waals surface area (Å²) in [5.41, 5.74) is 0. The van der Waals surface area contributed by atoms with Gasteiger partial charge in [0.05, 0.1) is 6.54 Å². The minimum absolute atomic E-state index is 0.0487. The van der Waals surface area contributed by atoms with E-state index in [1.165, 1.54) is 6.08 Å². The van der Waals surface area contributed by atoms with Gasteiger partial charge in [-0.05, 0) is 19.9 Å². The Labute approximate surface area is 67.2 Å². The highest BCUT2D eigenvalue weighted by Gasteiger charge is 2.10. The third-order valence-corrected chi connectivity index (χ3v) is 1.84. The van der Waals surface area contributed by atoms with E-state index in [1.807, 2.05) is 6.08 Å². The van der Waals surface area contributed by atoms with Crippen LogP contribution in [-0.2, 0) is 0 Å². The predicted molar refractivity (Wildman–Crippen MR) is 45.0 cm³/mol. The van der Waals surface area contributed by atoms with E-state index in [9.17, 15) is 4.39 Å². The van der Waals surface area contributed by atoms with Crippen molar-refractivity contribution in [2.45, 2.75) is 19.9 Å². The molecular weight excluding hydrogens is 141 g/mol. The minimum atomic E-state index is -0.0487. The summed E-state index contributed by atoms with van der Waals surface area (Å²) in [6.07, 6.45) is 5.28. The predicted octanol–water partition coefficient (Wildman–Crippen LogP) is 2.12. The van der Waals surface area contributed by atoms with Crippen LogP contribution in [0.5, 0.6) is 0 Å². The maximum Gasteiger partial charge on any atom is 0.114 e. The molecular formula is C9H14FN. The molecule has 1 aliphatic rings. The van der Waals surface area contributed by atoms with Gasteiger partial charge in [0.15, 0.2) is 0 Å². The summed E-state index contributed by atoms with van der Waals surface area (Å²) in [6, 6.07) is 0.414. The summed E-state index contributed by atoms with van der Waals surface area (Å²) in [6.45, 7) is 5.45. The molecule has 2 heteroatoms. The van der Waals surface area contributed by atoms with Gasteiger partial charge in [-0.25, -0.2) is 4.39 Å². The molecule has 0 amide bonds. The van der Waals surface area contributed by atoms with E-state index >= 15 is 0 Å². The topological polar surface area (TPSA) is 3.24 Å². The molecule has 1 nitrogen and oxygen atoms in total. The van der Waals surface area contributed by atoms with E-state index < -0.39 is 0 Å². The van der Waals surface area contributed by atoms with Crippen LogP contribution >= 0.6 is 0 Å². The molecule has 1 aliphatic heterocycles. The van der Waals surface area contributed by atoms with E-state index in [1.54, 1.807) is 6.08 Å². The first-order valence-corrected chi connectivity index (χ1v) is 3.95. The lowest BCUT2D eigenvalue weighted by Crippen LogP contribution is -2.31. The molecule has 0 spiro atoms. The normalized spacial score (nSPS) is 20.2. The summed E-state index contributed by atoms with van der Waals surface area (Å²) in [5.74, 6) is -0.0487. The van der Waals surface area contributed by atoms with E-state index in [0.717, 1.165) is 6.54 Å². The second-order valence-corrected chi connectivity index (χ2v) is 3.06. The van der Waals surface area contributed by atoms with Crippen LogP contribution in [0.4, 0.5) is 4.39 Å². The third kappa shape index (κ3) is 2.46. The van der Waals surface area contributed by atoms with Gasteiger partial charge in [-0.3, -0.25) is 4.90 Å². The van der Waals surface area contributed by atoms with E-state index in [2.05, 4.69) is 18.7 Å². The Morgan fingerprint density at radius 1 is 1.55 bits per heavy atom. The number of rotatable bonds is 1. The first-order valence-electron chi connectivity index (χ1n) is 3.95. The standard InChI is InChI=1S/C9H14FN/c1-8(2)11-6-4-3-5-9(10)7-11/h3-5,8H,6-7H2,1-2H3. The first kappa shape index (κ1) is 8.47. The summed E-state index contributed by atoms with van der Waals surface area (Å²) in [4.78, 5) is 2.08. The van der Waals surface area contributed by atoms with Crippen molar-refractivity contribution in [2.75, 3.05) is 13.1 Å². The van der Waals surface area contributed by atoms with Gasteiger partial charge in [-0.2, -0.15) is 0 Å². The minimum Gasteiger partial charge on any atom is -0.291 e. The van der Waals surface area contributed by atoms with Gasteiger partial charge in [0, 0.05) is 12.6 Å². The first-order chi connectivity index (χ1) is 5.20. The molecule has 0 aromatic heterocycles. The van der Waals surface area contributed by atoms with Gasteiger partial charge in [-0.15, -0.1) is 0 Å². The third-order valence-electron chi connectivity index (χ3n) is 1.84. The van der Waals surface area contributed by atoms with Gasteiger partial charge in [0.1, 0.15) is 5.83 Å². The fourth-order valence-electron chi connectivity index (χ4n) is 1.07. The Hall–Kier alpha value is -0.630. The highest BCUT2D eigenvalue weighted by atomic mass is 19.1. The Balaban J connectivity index is 2.59. The van der Waals surface area contributed by atoms with E-state index in [-0.39, 0.29) is 5.83 Å². The zero-order valence-corrected chi connectivity index (χ0v) is 7.05. The van der Waals surface area contributed by atoms with Gasteiger partial charge < -0.3 is 0 Å². The zero-order chi connectivity index (χ0) is 8.27. The lowest BCUT2D eigenvalue weighted by molar-refractivity contribution is 0.252. The average Bonchev–Trinajstić information content (AvgIpc) is 2.13. The summed E-state index contributed by atoms with van der Waals surface area (Å²) in [7, 11) is 0. The van der Waals surface area contributed by atoms with Crippen LogP contribution in [0.3, 0.4) is 0 Å². The molecule has 0 atom stereocenters. The largest absolute Gasteiger partial charge is 0.291 e. The van der Waals surface area contributed by atoms with Gasteiger partial charge in [-0.1, -0.05) is 12.2 Å². The van der Waals surface area contributed by atoms with Crippen molar-refractivity contribution >= 4 is 0 Å². The Morgan fingerprint density at radius 2 is 2.27 bits per heavy atom. The number of hydrogen-bond acceptors (Lipinski definition) is 1. The molecule has 1 heterocycles. The SMILES string of the molecule is CC(C)N1CC=CC=C(F)C1. The van der Waals surface area contributed by atoms with Crippen LogP contribution < -0.4 is 0 Å². The van der Waals surface area contributed by atoms with Crippen molar-refractivity contribution in [1.82, 2.24) is 4.90 Å². The van der Waals surface area contributed by atoms with Crippen LogP contribution in [0.1, 0.15) is 13.8 Å². The highest BCUT2D eigenvalue weighted by molar-refractivity contribution is 5.12. The smallest absolute Gasteiger partial charge is 0.114 e. The lowest BCUT2D eigenvalue weighted by Gasteiger charge is -2.22. The molecule has 0 aromatic carbocycles. The van der Waals surface area contributed by atoms with Crippen molar-refractivity contribution in [1.29, 1.82) is 0 Å². The molecule has 1 rings (SSSR count). The Kier molecular flexibility index (Phi) is 2.83. The molecule has 0 N–H and O–H groups in total. The molecule has 0 bridgehead atoms. The van der Waals surface area contributed by atoms with Gasteiger partial charge >= 0.3 is 0 Å². The monoisotopic (exact) mass is 155 g/mol. The van der Waals surface area contributed by atoms with Crippen LogP contribution in [0.25, 0.3) is 0 Å². The summed E-state index contributed by atoms with van der Waals surface area (Å²) < 4.78 is 12.8. The molecule has 0 aliphatic carbocycles. The second kappa shape index (κ2) is 3.67. The summed E-state index contributed by atoms with van der Waals surface area (Å²) >= 11 is 0. The van der Waals surface area contributed by atoms with Crippen LogP contribution in [-0.4, -0.2) is 24.0 Å². The van der Waals surface area contributed by atoms with E-state index in [4.69, 9.17) is 0 Å². The maximum atomic E-state index is 12.8. The van der Waals surface area contributed by atoms with Crippen molar-refractivity contribution < 1.29 is 4.39 Å². The average molecular weight is 155 g/mol. The molecule has 11 heavy (non-hydrogen) atoms. The number of halogens is 1. The second-order valence-electron chi connectivity index (χ2n) is 3.06. The lowest BCUT2D eigenvalue weighted by atomic mass is 10.3.